The summed E-state index contributed by atoms with van der Waals surface area (Å²) in [5.74, 6) is -1.33. The first kappa shape index (κ1) is 16.8. The van der Waals surface area contributed by atoms with Crippen molar-refractivity contribution in [1.82, 2.24) is 10.2 Å². The molecule has 0 aromatic carbocycles. The summed E-state index contributed by atoms with van der Waals surface area (Å²) in [5.41, 5.74) is 0. The Balaban J connectivity index is 1.69. The summed E-state index contributed by atoms with van der Waals surface area (Å²) in [6.07, 6.45) is -1.13. The van der Waals surface area contributed by atoms with Crippen molar-refractivity contribution in [1.29, 1.82) is 0 Å². The van der Waals surface area contributed by atoms with Gasteiger partial charge in [0.1, 0.15) is 11.4 Å². The molecule has 0 aliphatic carbocycles. The maximum atomic E-state index is 12.3. The van der Waals surface area contributed by atoms with Crippen LogP contribution in [0, 0.1) is 0 Å². The van der Waals surface area contributed by atoms with Gasteiger partial charge in [-0.3, -0.25) is 14.5 Å². The molecule has 3 atom stereocenters. The highest BCUT2D eigenvalue weighted by Crippen LogP contribution is 2.35. The number of hydrogen-bond donors (Lipinski definition) is 2. The zero-order valence-electron chi connectivity index (χ0n) is 12.7. The average molecular weight is 369 g/mol. The Kier molecular flexibility index (Phi) is 4.76. The van der Waals surface area contributed by atoms with Gasteiger partial charge in [0.15, 0.2) is 5.90 Å². The monoisotopic (exact) mass is 369 g/mol. The number of carboxylic acid groups (broad SMARTS) is 1. The van der Waals surface area contributed by atoms with Gasteiger partial charge in [-0.05, 0) is 11.4 Å². The second-order valence-corrected chi connectivity index (χ2v) is 7.32. The molecule has 1 saturated heterocycles. The van der Waals surface area contributed by atoms with E-state index < -0.39 is 29.5 Å². The number of aliphatic imine (C=N–C) groups is 1. The number of β-lactam (4-membered cyclic amide) rings is 1. The van der Waals surface area contributed by atoms with Crippen LogP contribution in [-0.2, 0) is 25.5 Å². The number of rotatable bonds is 4. The van der Waals surface area contributed by atoms with E-state index in [1.165, 1.54) is 35.1 Å². The van der Waals surface area contributed by atoms with Crippen molar-refractivity contribution in [3.63, 3.8) is 0 Å². The fourth-order valence-electron chi connectivity index (χ4n) is 2.53. The number of ether oxygens (including phenoxy) is 1. The van der Waals surface area contributed by atoms with E-state index >= 15 is 0 Å². The van der Waals surface area contributed by atoms with E-state index in [0.717, 1.165) is 4.88 Å². The van der Waals surface area contributed by atoms with E-state index in [9.17, 15) is 19.5 Å². The summed E-state index contributed by atoms with van der Waals surface area (Å²) in [5, 5.41) is 13.4. The van der Waals surface area contributed by atoms with Gasteiger partial charge in [0.05, 0.1) is 19.3 Å². The largest absolute Gasteiger partial charge is 0.484 e. The molecule has 0 radical (unpaired) electrons. The predicted molar refractivity (Wildman–Crippen MR) is 88.9 cm³/mol. The third-order valence-electron chi connectivity index (χ3n) is 3.68. The number of fused-ring (bicyclic) bond motifs is 1. The highest BCUT2D eigenvalue weighted by Gasteiger charge is 2.54. The van der Waals surface area contributed by atoms with Gasteiger partial charge in [-0.25, -0.2) is 9.79 Å². The van der Waals surface area contributed by atoms with E-state index in [0.29, 0.717) is 5.75 Å². The summed E-state index contributed by atoms with van der Waals surface area (Å²) in [6, 6.07) is 2.96. The van der Waals surface area contributed by atoms with Gasteiger partial charge in [-0.1, -0.05) is 6.07 Å². The van der Waals surface area contributed by atoms with Gasteiger partial charge >= 0.3 is 5.97 Å². The molecule has 0 saturated carbocycles. The number of methoxy groups -OCH3 is 1. The smallest absolute Gasteiger partial charge is 0.349 e. The third-order valence-corrected chi connectivity index (χ3v) is 5.81. The van der Waals surface area contributed by atoms with Crippen LogP contribution < -0.4 is 5.32 Å². The van der Waals surface area contributed by atoms with Crippen LogP contribution in [0.4, 0.5) is 0 Å². The highest BCUT2D eigenvalue weighted by molar-refractivity contribution is 8.00. The number of thiophene rings is 1. The standard InChI is InChI=1S/C14H15N3O5S2/c1-22-9-6-24-13-10(12(19)17(13)11(16-9)14(20)21)15-8(18)5-7-3-2-4-23-7/h2-4,10-11,13H,5-6H2,1H3,(H,15,18)(H,20,21)/t10-,11+,13-/m0/s1. The maximum Gasteiger partial charge on any atom is 0.349 e. The lowest BCUT2D eigenvalue weighted by Crippen LogP contribution is -2.72. The average Bonchev–Trinajstić information content (AvgIpc) is 2.98. The van der Waals surface area contributed by atoms with Crippen LogP contribution in [0.1, 0.15) is 4.88 Å². The normalized spacial score (nSPS) is 25.9. The fourth-order valence-corrected chi connectivity index (χ4v) is 4.50. The van der Waals surface area contributed by atoms with Crippen LogP contribution in [-0.4, -0.2) is 64.1 Å². The molecule has 3 heterocycles. The minimum absolute atomic E-state index is 0.195. The molecule has 0 spiro atoms. The minimum atomic E-state index is -1.32. The highest BCUT2D eigenvalue weighted by atomic mass is 32.2. The molecule has 2 aliphatic heterocycles. The number of amides is 2. The molecule has 1 fully saturated rings. The predicted octanol–water partition coefficient (Wildman–Crippen LogP) is 0.146. The van der Waals surface area contributed by atoms with E-state index in [1.807, 2.05) is 17.5 Å². The summed E-state index contributed by atoms with van der Waals surface area (Å²) in [6.45, 7) is 0. The van der Waals surface area contributed by atoms with Crippen LogP contribution >= 0.6 is 23.1 Å². The van der Waals surface area contributed by atoms with Crippen LogP contribution in [0.25, 0.3) is 0 Å². The molecule has 2 N–H and O–H groups in total. The minimum Gasteiger partial charge on any atom is -0.484 e. The van der Waals surface area contributed by atoms with Crippen molar-refractivity contribution in [3.05, 3.63) is 22.4 Å². The Morgan fingerprint density at radius 2 is 2.33 bits per heavy atom. The number of nitrogens with one attached hydrogen (secondary N) is 1. The number of aliphatic carboxylic acids is 1. The zero-order valence-corrected chi connectivity index (χ0v) is 14.3. The summed E-state index contributed by atoms with van der Waals surface area (Å²) in [4.78, 5) is 41.9. The second kappa shape index (κ2) is 6.81. The Hall–Kier alpha value is -2.07. The van der Waals surface area contributed by atoms with Crippen molar-refractivity contribution in [3.8, 4) is 0 Å². The molecule has 2 aliphatic rings. The van der Waals surface area contributed by atoms with Crippen molar-refractivity contribution in [2.24, 2.45) is 4.99 Å². The summed E-state index contributed by atoms with van der Waals surface area (Å²) >= 11 is 2.79. The summed E-state index contributed by atoms with van der Waals surface area (Å²) < 4.78 is 5.04. The number of carboxylic acids is 1. The number of hydrogen-bond acceptors (Lipinski definition) is 7. The molecule has 0 unspecified atom stereocenters. The van der Waals surface area contributed by atoms with Crippen LogP contribution in [0.15, 0.2) is 22.5 Å². The quantitative estimate of drug-likeness (QED) is 0.731. The van der Waals surface area contributed by atoms with Gasteiger partial charge in [-0.2, -0.15) is 0 Å². The first-order valence-electron chi connectivity index (χ1n) is 7.10. The number of thioether (sulfide) groups is 1. The molecular formula is C14H15N3O5S2. The third kappa shape index (κ3) is 3.11. The SMILES string of the molecule is COC1=N[C@@H](C(=O)O)N2C(=O)[C@H](NC(=O)Cc3cccs3)[C@@H]2SC1. The van der Waals surface area contributed by atoms with Crippen LogP contribution in [0.5, 0.6) is 0 Å². The number of carbonyl (C=O) groups excluding carboxylic acids is 2. The molecule has 128 valence electrons. The molecular weight excluding hydrogens is 354 g/mol. The zero-order chi connectivity index (χ0) is 17.3. The van der Waals surface area contributed by atoms with Crippen molar-refractivity contribution in [2.75, 3.05) is 12.9 Å². The fraction of sp³-hybridized carbons (Fsp3) is 0.429. The Labute approximate surface area is 145 Å². The Morgan fingerprint density at radius 3 is 2.96 bits per heavy atom. The molecule has 1 aromatic heterocycles. The Morgan fingerprint density at radius 1 is 1.54 bits per heavy atom. The van der Waals surface area contributed by atoms with Gasteiger partial charge in [0.2, 0.25) is 12.1 Å². The molecule has 24 heavy (non-hydrogen) atoms. The Bertz CT molecular complexity index is 691. The lowest BCUT2D eigenvalue weighted by atomic mass is 10.1. The number of carbonyl (C=O) groups is 3. The van der Waals surface area contributed by atoms with E-state index in [-0.39, 0.29) is 18.2 Å². The van der Waals surface area contributed by atoms with Crippen LogP contribution in [0.3, 0.4) is 0 Å². The molecule has 8 nitrogen and oxygen atoms in total. The van der Waals surface area contributed by atoms with E-state index in [2.05, 4.69) is 10.3 Å². The van der Waals surface area contributed by atoms with Gasteiger partial charge < -0.3 is 15.2 Å². The van der Waals surface area contributed by atoms with Gasteiger partial charge in [-0.15, -0.1) is 23.1 Å². The first-order valence-corrected chi connectivity index (χ1v) is 9.03. The lowest BCUT2D eigenvalue weighted by molar-refractivity contribution is -0.161. The van der Waals surface area contributed by atoms with Crippen molar-refractivity contribution >= 4 is 46.8 Å². The molecule has 0 bridgehead atoms. The van der Waals surface area contributed by atoms with Crippen molar-refractivity contribution in [2.45, 2.75) is 24.0 Å². The molecule has 1 aromatic rings. The topological polar surface area (TPSA) is 108 Å². The molecule has 10 heteroatoms. The first-order chi connectivity index (χ1) is 11.5. The van der Waals surface area contributed by atoms with Gasteiger partial charge in [0, 0.05) is 4.88 Å². The van der Waals surface area contributed by atoms with E-state index in [4.69, 9.17) is 4.74 Å². The van der Waals surface area contributed by atoms with Gasteiger partial charge in [0.25, 0.3) is 5.91 Å². The molecule has 2 amide bonds. The van der Waals surface area contributed by atoms with Crippen LogP contribution in [0.2, 0.25) is 0 Å². The van der Waals surface area contributed by atoms with Crippen molar-refractivity contribution < 1.29 is 24.2 Å². The maximum absolute atomic E-state index is 12.3. The second-order valence-electron chi connectivity index (χ2n) is 5.19. The summed E-state index contributed by atoms with van der Waals surface area (Å²) in [7, 11) is 1.41. The lowest BCUT2D eigenvalue weighted by Gasteiger charge is -2.46. The molecule has 3 rings (SSSR count). The number of nitrogens with zero attached hydrogens (tertiary/aromatic N) is 2. The van der Waals surface area contributed by atoms with E-state index in [1.54, 1.807) is 0 Å².